The van der Waals surface area contributed by atoms with E-state index >= 15 is 0 Å². The second-order valence-electron chi connectivity index (χ2n) is 6.14. The Labute approximate surface area is 135 Å². The smallest absolute Gasteiger partial charge is 0.247 e. The lowest BCUT2D eigenvalue weighted by molar-refractivity contribution is -0.125. The number of hydrogen-bond acceptors (Lipinski definition) is 5. The monoisotopic (exact) mass is 314 g/mol. The molecule has 1 aromatic carbocycles. The number of carbonyl (C=O) groups excluding carboxylic acids is 1. The average molecular weight is 314 g/mol. The van der Waals surface area contributed by atoms with Crippen molar-refractivity contribution in [3.8, 4) is 11.5 Å². The van der Waals surface area contributed by atoms with Crippen LogP contribution in [0.2, 0.25) is 0 Å². The first-order valence-corrected chi connectivity index (χ1v) is 8.02. The van der Waals surface area contributed by atoms with Crippen LogP contribution in [-0.4, -0.2) is 33.6 Å². The van der Waals surface area contributed by atoms with Crippen molar-refractivity contribution in [3.05, 3.63) is 35.7 Å². The van der Waals surface area contributed by atoms with Crippen LogP contribution in [0.15, 0.2) is 28.7 Å². The van der Waals surface area contributed by atoms with Crippen LogP contribution in [0.1, 0.15) is 43.7 Å². The largest absolute Gasteiger partial charge is 0.419 e. The quantitative estimate of drug-likeness (QED) is 0.937. The van der Waals surface area contributed by atoms with Crippen molar-refractivity contribution < 1.29 is 9.21 Å². The summed E-state index contributed by atoms with van der Waals surface area (Å²) in [7, 11) is 0. The van der Waals surface area contributed by atoms with E-state index in [1.165, 1.54) is 5.56 Å². The highest BCUT2D eigenvalue weighted by molar-refractivity contribution is 5.80. The molecule has 1 aliphatic heterocycles. The fraction of sp³-hybridized carbons (Fsp3) is 0.471. The number of carbonyl (C=O) groups is 1. The molecule has 2 heterocycles. The number of aryl methyl sites for hydroxylation is 1. The number of piperidine rings is 1. The lowest BCUT2D eigenvalue weighted by Crippen LogP contribution is -2.48. The van der Waals surface area contributed by atoms with Crippen LogP contribution in [0.5, 0.6) is 0 Å². The summed E-state index contributed by atoms with van der Waals surface area (Å²) in [6.07, 6.45) is 2.86. The minimum atomic E-state index is -0.283. The molecule has 122 valence electrons. The summed E-state index contributed by atoms with van der Waals surface area (Å²) in [6, 6.07) is 7.56. The molecule has 0 radical (unpaired) electrons. The number of amides is 1. The summed E-state index contributed by atoms with van der Waals surface area (Å²) in [4.78, 5) is 13.7. The number of primary amides is 1. The van der Waals surface area contributed by atoms with Gasteiger partial charge in [0.05, 0.1) is 12.1 Å². The predicted octanol–water partition coefficient (Wildman–Crippen LogP) is 2.45. The van der Waals surface area contributed by atoms with E-state index in [1.807, 2.05) is 38.1 Å². The molecule has 23 heavy (non-hydrogen) atoms. The fourth-order valence-electron chi connectivity index (χ4n) is 3.08. The van der Waals surface area contributed by atoms with Crippen molar-refractivity contribution in [2.45, 2.75) is 45.2 Å². The van der Waals surface area contributed by atoms with Gasteiger partial charge in [0.2, 0.25) is 17.7 Å². The number of nitrogens with two attached hydrogens (primary N) is 1. The third-order valence-corrected chi connectivity index (χ3v) is 4.47. The molecule has 6 nitrogen and oxygen atoms in total. The first-order valence-electron chi connectivity index (χ1n) is 8.02. The van der Waals surface area contributed by atoms with Crippen LogP contribution >= 0.6 is 0 Å². The number of nitrogens with zero attached hydrogens (tertiary/aromatic N) is 3. The molecule has 6 heteroatoms. The number of hydrogen-bond donors (Lipinski definition) is 1. The molecule has 3 rings (SSSR count). The van der Waals surface area contributed by atoms with E-state index in [4.69, 9.17) is 10.2 Å². The maximum Gasteiger partial charge on any atom is 0.247 e. The minimum absolute atomic E-state index is 0.125. The van der Waals surface area contributed by atoms with Gasteiger partial charge in [-0.05, 0) is 45.4 Å². The van der Waals surface area contributed by atoms with Crippen molar-refractivity contribution in [2.24, 2.45) is 5.73 Å². The third-order valence-electron chi connectivity index (χ3n) is 4.47. The van der Waals surface area contributed by atoms with E-state index in [0.29, 0.717) is 11.8 Å². The molecule has 1 aliphatic rings. The van der Waals surface area contributed by atoms with Gasteiger partial charge in [-0.1, -0.05) is 24.1 Å². The molecule has 0 bridgehead atoms. The molecular formula is C17H22N4O2. The molecule has 2 unspecified atom stereocenters. The number of benzene rings is 1. The van der Waals surface area contributed by atoms with Gasteiger partial charge in [0.1, 0.15) is 0 Å². The SMILES string of the molecule is Cc1ccc(-c2nnc(C(C)N3CCCCC3C(N)=O)o2)cc1. The van der Waals surface area contributed by atoms with Crippen molar-refractivity contribution in [1.29, 1.82) is 0 Å². The van der Waals surface area contributed by atoms with Crippen LogP contribution in [0.4, 0.5) is 0 Å². The van der Waals surface area contributed by atoms with Crippen molar-refractivity contribution in [2.75, 3.05) is 6.54 Å². The van der Waals surface area contributed by atoms with Gasteiger partial charge in [-0.25, -0.2) is 0 Å². The van der Waals surface area contributed by atoms with Crippen LogP contribution in [-0.2, 0) is 4.79 Å². The van der Waals surface area contributed by atoms with Crippen molar-refractivity contribution >= 4 is 5.91 Å². The Morgan fingerprint density at radius 3 is 2.74 bits per heavy atom. The standard InChI is InChI=1S/C17H22N4O2/c1-11-6-8-13(9-7-11)17-20-19-16(23-17)12(2)21-10-4-3-5-14(21)15(18)22/h6-9,12,14H,3-5,10H2,1-2H3,(H2,18,22). The number of aromatic nitrogens is 2. The summed E-state index contributed by atoms with van der Waals surface area (Å²) in [5.41, 5.74) is 7.61. The summed E-state index contributed by atoms with van der Waals surface area (Å²) < 4.78 is 5.84. The van der Waals surface area contributed by atoms with Crippen LogP contribution in [0, 0.1) is 6.92 Å². The van der Waals surface area contributed by atoms with Gasteiger partial charge in [-0.3, -0.25) is 9.69 Å². The summed E-state index contributed by atoms with van der Waals surface area (Å²) in [5, 5.41) is 8.32. The lowest BCUT2D eigenvalue weighted by atomic mass is 9.99. The highest BCUT2D eigenvalue weighted by Gasteiger charge is 2.33. The minimum Gasteiger partial charge on any atom is -0.419 e. The summed E-state index contributed by atoms with van der Waals surface area (Å²) in [5.74, 6) is 0.739. The molecule has 0 spiro atoms. The second-order valence-corrected chi connectivity index (χ2v) is 6.14. The second kappa shape index (κ2) is 6.50. The van der Waals surface area contributed by atoms with E-state index in [0.717, 1.165) is 31.4 Å². The lowest BCUT2D eigenvalue weighted by Gasteiger charge is -2.36. The molecule has 1 fully saturated rings. The zero-order chi connectivity index (χ0) is 16.4. The van der Waals surface area contributed by atoms with Crippen molar-refractivity contribution in [3.63, 3.8) is 0 Å². The molecular weight excluding hydrogens is 292 g/mol. The maximum atomic E-state index is 11.7. The van der Waals surface area contributed by atoms with E-state index < -0.39 is 0 Å². The van der Waals surface area contributed by atoms with Gasteiger partial charge in [0.15, 0.2) is 0 Å². The predicted molar refractivity (Wildman–Crippen MR) is 86.4 cm³/mol. The molecule has 1 aromatic heterocycles. The maximum absolute atomic E-state index is 11.7. The molecule has 0 aliphatic carbocycles. The van der Waals surface area contributed by atoms with Gasteiger partial charge >= 0.3 is 0 Å². The van der Waals surface area contributed by atoms with Crippen LogP contribution in [0.25, 0.3) is 11.5 Å². The zero-order valence-electron chi connectivity index (χ0n) is 13.5. The average Bonchev–Trinajstić information content (AvgIpc) is 3.04. The molecule has 0 saturated carbocycles. The van der Waals surface area contributed by atoms with Gasteiger partial charge < -0.3 is 10.2 Å². The van der Waals surface area contributed by atoms with E-state index in [1.54, 1.807) is 0 Å². The molecule has 2 aromatic rings. The Balaban J connectivity index is 1.81. The fourth-order valence-corrected chi connectivity index (χ4v) is 3.08. The highest BCUT2D eigenvalue weighted by atomic mass is 16.4. The molecule has 2 atom stereocenters. The molecule has 2 N–H and O–H groups in total. The number of likely N-dealkylation sites (tertiary alicyclic amines) is 1. The van der Waals surface area contributed by atoms with Gasteiger partial charge in [0, 0.05) is 5.56 Å². The van der Waals surface area contributed by atoms with E-state index in [2.05, 4.69) is 15.1 Å². The van der Waals surface area contributed by atoms with Crippen LogP contribution < -0.4 is 5.73 Å². The first-order chi connectivity index (χ1) is 11.1. The van der Waals surface area contributed by atoms with Gasteiger partial charge in [-0.15, -0.1) is 10.2 Å². The zero-order valence-corrected chi connectivity index (χ0v) is 13.5. The Morgan fingerprint density at radius 1 is 1.30 bits per heavy atom. The first kappa shape index (κ1) is 15.7. The highest BCUT2D eigenvalue weighted by Crippen LogP contribution is 2.29. The Bertz CT molecular complexity index is 680. The normalized spacial score (nSPS) is 20.3. The molecule has 1 amide bonds. The summed E-state index contributed by atoms with van der Waals surface area (Å²) in [6.45, 7) is 4.83. The Morgan fingerprint density at radius 2 is 2.04 bits per heavy atom. The van der Waals surface area contributed by atoms with E-state index in [-0.39, 0.29) is 18.0 Å². The third kappa shape index (κ3) is 3.27. The van der Waals surface area contributed by atoms with Crippen molar-refractivity contribution in [1.82, 2.24) is 15.1 Å². The van der Waals surface area contributed by atoms with Gasteiger partial charge in [-0.2, -0.15) is 0 Å². The number of rotatable bonds is 4. The summed E-state index contributed by atoms with van der Waals surface area (Å²) >= 11 is 0. The van der Waals surface area contributed by atoms with Gasteiger partial charge in [0.25, 0.3) is 0 Å². The molecule has 1 saturated heterocycles. The Kier molecular flexibility index (Phi) is 4.43. The topological polar surface area (TPSA) is 85.3 Å². The Hall–Kier alpha value is -2.21. The van der Waals surface area contributed by atoms with Crippen LogP contribution in [0.3, 0.4) is 0 Å². The van der Waals surface area contributed by atoms with E-state index in [9.17, 15) is 4.79 Å².